The van der Waals surface area contributed by atoms with Crippen LogP contribution in [0.2, 0.25) is 0 Å². The number of rotatable bonds is 6. The summed E-state index contributed by atoms with van der Waals surface area (Å²) in [6.45, 7) is 2.64. The molecule has 0 N–H and O–H groups in total. The van der Waals surface area contributed by atoms with Gasteiger partial charge in [-0.1, -0.05) is 60.7 Å². The Kier molecular flexibility index (Phi) is 6.96. The monoisotopic (exact) mass is 484 g/mol. The van der Waals surface area contributed by atoms with Gasteiger partial charge in [-0.2, -0.15) is 0 Å². The fourth-order valence-corrected chi connectivity index (χ4v) is 5.50. The highest BCUT2D eigenvalue weighted by molar-refractivity contribution is 5.94. The highest BCUT2D eigenvalue weighted by Gasteiger charge is 2.51. The van der Waals surface area contributed by atoms with Crippen molar-refractivity contribution in [2.24, 2.45) is 5.92 Å². The summed E-state index contributed by atoms with van der Waals surface area (Å²) in [5, 5.41) is 3.99. The molecule has 3 aromatic carbocycles. The molecule has 2 aliphatic heterocycles. The molecule has 1 fully saturated rings. The molecule has 184 valence electrons. The summed E-state index contributed by atoms with van der Waals surface area (Å²) in [4.78, 5) is 26.3. The zero-order valence-electron chi connectivity index (χ0n) is 20.2. The van der Waals surface area contributed by atoms with Crippen LogP contribution in [-0.2, 0) is 22.4 Å². The lowest BCUT2D eigenvalue weighted by atomic mass is 9.82. The Morgan fingerprint density at radius 2 is 1.75 bits per heavy atom. The van der Waals surface area contributed by atoms with Gasteiger partial charge in [-0.25, -0.2) is 14.2 Å². The number of ether oxygens (including phenoxy) is 1. The van der Waals surface area contributed by atoms with Crippen LogP contribution in [0, 0.1) is 11.7 Å². The Morgan fingerprint density at radius 3 is 2.47 bits per heavy atom. The van der Waals surface area contributed by atoms with E-state index in [-0.39, 0.29) is 36.3 Å². The second-order valence-electron chi connectivity index (χ2n) is 9.16. The lowest BCUT2D eigenvalue weighted by Crippen LogP contribution is -2.48. The summed E-state index contributed by atoms with van der Waals surface area (Å²) in [6.07, 6.45) is 4.59. The summed E-state index contributed by atoms with van der Waals surface area (Å²) in [7, 11) is 0. The first kappa shape index (κ1) is 23.9. The Bertz CT molecular complexity index is 1260. The lowest BCUT2D eigenvalue weighted by Gasteiger charge is -2.38. The van der Waals surface area contributed by atoms with Crippen molar-refractivity contribution in [1.29, 1.82) is 0 Å². The van der Waals surface area contributed by atoms with Crippen molar-refractivity contribution in [1.82, 2.24) is 10.0 Å². The van der Waals surface area contributed by atoms with Gasteiger partial charge in [0.05, 0.1) is 18.7 Å². The van der Waals surface area contributed by atoms with Crippen molar-refractivity contribution in [2.45, 2.75) is 31.8 Å². The second kappa shape index (κ2) is 10.5. The number of hydrogen-bond acceptors (Lipinski definition) is 4. The van der Waals surface area contributed by atoms with Gasteiger partial charge in [-0.05, 0) is 60.7 Å². The number of amides is 1. The molecule has 0 bridgehead atoms. The van der Waals surface area contributed by atoms with Crippen LogP contribution in [-0.4, -0.2) is 41.1 Å². The van der Waals surface area contributed by atoms with E-state index in [0.717, 1.165) is 16.7 Å². The number of halogens is 1. The minimum Gasteiger partial charge on any atom is -0.463 e. The summed E-state index contributed by atoms with van der Waals surface area (Å²) < 4.78 is 19.3. The molecule has 36 heavy (non-hydrogen) atoms. The predicted octanol–water partition coefficient (Wildman–Crippen LogP) is 5.14. The maximum absolute atomic E-state index is 14.1. The predicted molar refractivity (Wildman–Crippen MR) is 135 cm³/mol. The van der Waals surface area contributed by atoms with Crippen LogP contribution in [0.4, 0.5) is 4.39 Å². The van der Waals surface area contributed by atoms with E-state index < -0.39 is 5.97 Å². The van der Waals surface area contributed by atoms with E-state index in [9.17, 15) is 14.0 Å². The standard InChI is InChI=1S/C30H29FN2O3/c1-2-36-28(34)16-15-26-27(19-21-9-5-3-6-10-21)33(30(35)22-11-7-4-8-12-22)32-18-17-23-20-24(31)13-14-25(23)29(26)32/h3-16,20,26-27,29H,2,17-19H2,1H3/b16-15+/t26-,27-,29+/m1/s1. The third kappa shape index (κ3) is 4.69. The molecule has 1 saturated heterocycles. The Hall–Kier alpha value is -3.77. The molecule has 6 heteroatoms. The SMILES string of the molecule is CCOC(=O)/C=C/[C@@H]1[C@@H](Cc2ccccc2)N(C(=O)c2ccccc2)N2CCc3cc(F)ccc3[C@@H]12. The van der Waals surface area contributed by atoms with Gasteiger partial charge in [0.2, 0.25) is 0 Å². The zero-order valence-corrected chi connectivity index (χ0v) is 20.2. The number of fused-ring (bicyclic) bond motifs is 3. The molecule has 0 radical (unpaired) electrons. The smallest absolute Gasteiger partial charge is 0.330 e. The van der Waals surface area contributed by atoms with Crippen LogP contribution in [0.3, 0.4) is 0 Å². The number of esters is 1. The molecule has 2 aliphatic rings. The van der Waals surface area contributed by atoms with E-state index in [4.69, 9.17) is 4.74 Å². The maximum atomic E-state index is 14.1. The quantitative estimate of drug-likeness (QED) is 0.359. The van der Waals surface area contributed by atoms with E-state index in [1.807, 2.05) is 65.7 Å². The summed E-state index contributed by atoms with van der Waals surface area (Å²) >= 11 is 0. The summed E-state index contributed by atoms with van der Waals surface area (Å²) in [5.74, 6) is -0.965. The zero-order chi connectivity index (χ0) is 25.1. The summed E-state index contributed by atoms with van der Waals surface area (Å²) in [6, 6.07) is 23.8. The van der Waals surface area contributed by atoms with Crippen LogP contribution in [0.5, 0.6) is 0 Å². The van der Waals surface area contributed by atoms with Gasteiger partial charge >= 0.3 is 5.97 Å². The van der Waals surface area contributed by atoms with Gasteiger partial charge in [-0.3, -0.25) is 9.80 Å². The second-order valence-corrected chi connectivity index (χ2v) is 9.16. The number of carbonyl (C=O) groups is 2. The van der Waals surface area contributed by atoms with Crippen molar-refractivity contribution in [2.75, 3.05) is 13.2 Å². The average Bonchev–Trinajstić information content (AvgIpc) is 3.21. The molecular formula is C30H29FN2O3. The molecule has 0 unspecified atom stereocenters. The van der Waals surface area contributed by atoms with E-state index >= 15 is 0 Å². The number of carbonyl (C=O) groups excluding carboxylic acids is 2. The van der Waals surface area contributed by atoms with E-state index in [1.54, 1.807) is 13.0 Å². The average molecular weight is 485 g/mol. The molecule has 5 nitrogen and oxygen atoms in total. The topological polar surface area (TPSA) is 49.9 Å². The summed E-state index contributed by atoms with van der Waals surface area (Å²) in [5.41, 5.74) is 3.64. The largest absolute Gasteiger partial charge is 0.463 e. The Balaban J connectivity index is 1.62. The molecule has 0 saturated carbocycles. The Labute approximate surface area is 210 Å². The van der Waals surface area contributed by atoms with E-state index in [0.29, 0.717) is 24.9 Å². The minimum atomic E-state index is -0.412. The van der Waals surface area contributed by atoms with Crippen molar-refractivity contribution in [3.05, 3.63) is 119 Å². The first-order valence-corrected chi connectivity index (χ1v) is 12.4. The molecule has 2 heterocycles. The van der Waals surface area contributed by atoms with Gasteiger partial charge in [0, 0.05) is 24.1 Å². The van der Waals surface area contributed by atoms with Crippen LogP contribution in [0.25, 0.3) is 0 Å². The van der Waals surface area contributed by atoms with Crippen molar-refractivity contribution < 1.29 is 18.7 Å². The van der Waals surface area contributed by atoms with Crippen molar-refractivity contribution >= 4 is 11.9 Å². The Morgan fingerprint density at radius 1 is 1.03 bits per heavy atom. The molecule has 0 aliphatic carbocycles. The van der Waals surface area contributed by atoms with Gasteiger partial charge in [-0.15, -0.1) is 0 Å². The normalized spacial score (nSPS) is 21.3. The molecule has 5 rings (SSSR count). The maximum Gasteiger partial charge on any atom is 0.330 e. The van der Waals surface area contributed by atoms with Gasteiger partial charge < -0.3 is 4.74 Å². The highest BCUT2D eigenvalue weighted by atomic mass is 19.1. The highest BCUT2D eigenvalue weighted by Crippen LogP contribution is 2.47. The molecule has 3 aromatic rings. The molecule has 0 spiro atoms. The number of nitrogens with zero attached hydrogens (tertiary/aromatic N) is 2. The van der Waals surface area contributed by atoms with Gasteiger partial charge in [0.15, 0.2) is 0 Å². The number of hydrogen-bond donors (Lipinski definition) is 0. The minimum absolute atomic E-state index is 0.0841. The number of hydrazine groups is 1. The first-order valence-electron chi connectivity index (χ1n) is 12.4. The van der Waals surface area contributed by atoms with Crippen LogP contribution < -0.4 is 0 Å². The molecule has 0 aromatic heterocycles. The molecule has 1 amide bonds. The van der Waals surface area contributed by atoms with Crippen molar-refractivity contribution in [3.8, 4) is 0 Å². The van der Waals surface area contributed by atoms with Gasteiger partial charge in [0.1, 0.15) is 5.82 Å². The first-order chi connectivity index (χ1) is 17.6. The third-order valence-electron chi connectivity index (χ3n) is 7.01. The third-order valence-corrected chi connectivity index (χ3v) is 7.01. The van der Waals surface area contributed by atoms with Crippen LogP contribution in [0.15, 0.2) is 91.0 Å². The van der Waals surface area contributed by atoms with Gasteiger partial charge in [0.25, 0.3) is 5.91 Å². The van der Waals surface area contributed by atoms with Crippen molar-refractivity contribution in [3.63, 3.8) is 0 Å². The van der Waals surface area contributed by atoms with E-state index in [2.05, 4.69) is 17.1 Å². The number of benzene rings is 3. The van der Waals surface area contributed by atoms with E-state index in [1.165, 1.54) is 12.1 Å². The van der Waals surface area contributed by atoms with Crippen LogP contribution in [0.1, 0.15) is 40.0 Å². The fraction of sp³-hybridized carbons (Fsp3) is 0.267. The van der Waals surface area contributed by atoms with Crippen LogP contribution >= 0.6 is 0 Å². The lowest BCUT2D eigenvalue weighted by molar-refractivity contribution is -0.137. The fourth-order valence-electron chi connectivity index (χ4n) is 5.50. The molecular weight excluding hydrogens is 455 g/mol. The molecule has 3 atom stereocenters.